The van der Waals surface area contributed by atoms with Crippen molar-refractivity contribution in [3.05, 3.63) is 71.3 Å². The van der Waals surface area contributed by atoms with Crippen LogP contribution in [0.2, 0.25) is 0 Å². The summed E-state index contributed by atoms with van der Waals surface area (Å²) < 4.78 is 5.52. The highest BCUT2D eigenvalue weighted by molar-refractivity contribution is 5.97. The van der Waals surface area contributed by atoms with Gasteiger partial charge in [0, 0.05) is 0 Å². The Morgan fingerprint density at radius 2 is 1.92 bits per heavy atom. The van der Waals surface area contributed by atoms with Gasteiger partial charge < -0.3 is 4.74 Å². The minimum atomic E-state index is -0.289. The lowest BCUT2D eigenvalue weighted by Gasteiger charge is -2.08. The number of ether oxygens (including phenoxy) is 1. The number of amides is 1. The van der Waals surface area contributed by atoms with Crippen LogP contribution in [0.25, 0.3) is 6.08 Å². The molecule has 4 heteroatoms. The standard InChI is InChI=1S/C20H22N2O2/c1-15-9-12-19(16(2)13-15)24-14-20(23)22-21-17(3)10-11-18-7-5-4-6-8-18/h4-13H,14H2,1-3H3,(H,22,23). The number of hydrazone groups is 1. The van der Waals surface area contributed by atoms with Crippen LogP contribution in [0.15, 0.2) is 59.7 Å². The first-order valence-corrected chi connectivity index (χ1v) is 7.81. The van der Waals surface area contributed by atoms with Crippen molar-refractivity contribution in [2.45, 2.75) is 20.8 Å². The van der Waals surface area contributed by atoms with Crippen molar-refractivity contribution >= 4 is 17.7 Å². The predicted molar refractivity (Wildman–Crippen MR) is 98.1 cm³/mol. The van der Waals surface area contributed by atoms with E-state index < -0.39 is 0 Å². The number of benzene rings is 2. The van der Waals surface area contributed by atoms with E-state index in [2.05, 4.69) is 10.5 Å². The predicted octanol–water partition coefficient (Wildman–Crippen LogP) is 3.89. The van der Waals surface area contributed by atoms with E-state index in [-0.39, 0.29) is 12.5 Å². The summed E-state index contributed by atoms with van der Waals surface area (Å²) in [5.74, 6) is 0.419. The fourth-order valence-electron chi connectivity index (χ4n) is 2.11. The van der Waals surface area contributed by atoms with Crippen molar-refractivity contribution in [3.63, 3.8) is 0 Å². The Morgan fingerprint density at radius 1 is 1.17 bits per heavy atom. The van der Waals surface area contributed by atoms with E-state index in [9.17, 15) is 4.79 Å². The quantitative estimate of drug-likeness (QED) is 0.648. The molecule has 0 fully saturated rings. The molecule has 0 saturated heterocycles. The van der Waals surface area contributed by atoms with Crippen LogP contribution < -0.4 is 10.2 Å². The molecule has 0 spiro atoms. The van der Waals surface area contributed by atoms with Gasteiger partial charge in [0.15, 0.2) is 6.61 Å². The molecule has 124 valence electrons. The van der Waals surface area contributed by atoms with Gasteiger partial charge in [0.25, 0.3) is 5.91 Å². The van der Waals surface area contributed by atoms with Gasteiger partial charge in [-0.2, -0.15) is 5.10 Å². The normalized spacial score (nSPS) is 11.5. The van der Waals surface area contributed by atoms with Gasteiger partial charge in [-0.15, -0.1) is 0 Å². The summed E-state index contributed by atoms with van der Waals surface area (Å²) in [5, 5.41) is 4.04. The van der Waals surface area contributed by atoms with Crippen LogP contribution in [0.1, 0.15) is 23.6 Å². The molecule has 0 unspecified atom stereocenters. The summed E-state index contributed by atoms with van der Waals surface area (Å²) in [7, 11) is 0. The molecule has 0 atom stereocenters. The summed E-state index contributed by atoms with van der Waals surface area (Å²) in [5.41, 5.74) is 6.45. The van der Waals surface area contributed by atoms with Crippen molar-refractivity contribution in [3.8, 4) is 5.75 Å². The van der Waals surface area contributed by atoms with Gasteiger partial charge >= 0.3 is 0 Å². The molecule has 4 nitrogen and oxygen atoms in total. The van der Waals surface area contributed by atoms with Gasteiger partial charge in [-0.25, -0.2) is 5.43 Å². The number of carbonyl (C=O) groups is 1. The van der Waals surface area contributed by atoms with Crippen LogP contribution in [-0.4, -0.2) is 18.2 Å². The highest BCUT2D eigenvalue weighted by Gasteiger charge is 2.04. The van der Waals surface area contributed by atoms with Crippen LogP contribution in [0.3, 0.4) is 0 Å². The second-order valence-electron chi connectivity index (χ2n) is 5.59. The molecule has 0 heterocycles. The molecule has 2 rings (SSSR count). The minimum Gasteiger partial charge on any atom is -0.483 e. The lowest BCUT2D eigenvalue weighted by Crippen LogP contribution is -2.25. The fourth-order valence-corrected chi connectivity index (χ4v) is 2.11. The molecule has 1 N–H and O–H groups in total. The second kappa shape index (κ2) is 8.67. The zero-order valence-corrected chi connectivity index (χ0v) is 14.2. The topological polar surface area (TPSA) is 50.7 Å². The summed E-state index contributed by atoms with van der Waals surface area (Å²) in [4.78, 5) is 11.8. The number of allylic oxidation sites excluding steroid dienone is 1. The van der Waals surface area contributed by atoms with E-state index in [1.807, 2.05) is 81.5 Å². The average molecular weight is 322 g/mol. The summed E-state index contributed by atoms with van der Waals surface area (Å²) >= 11 is 0. The fraction of sp³-hybridized carbons (Fsp3) is 0.200. The number of hydrogen-bond donors (Lipinski definition) is 1. The summed E-state index contributed by atoms with van der Waals surface area (Å²) in [6.45, 7) is 5.73. The molecule has 0 aliphatic heterocycles. The average Bonchev–Trinajstić information content (AvgIpc) is 2.58. The smallest absolute Gasteiger partial charge is 0.277 e. The number of nitrogens with one attached hydrogen (secondary N) is 1. The van der Waals surface area contributed by atoms with Gasteiger partial charge in [-0.1, -0.05) is 54.1 Å². The third-order valence-electron chi connectivity index (χ3n) is 3.36. The van der Waals surface area contributed by atoms with E-state index >= 15 is 0 Å². The van der Waals surface area contributed by atoms with E-state index in [0.717, 1.165) is 16.7 Å². The molecule has 2 aromatic rings. The zero-order chi connectivity index (χ0) is 17.4. The molecular weight excluding hydrogens is 300 g/mol. The Hall–Kier alpha value is -2.88. The van der Waals surface area contributed by atoms with Gasteiger partial charge in [0.1, 0.15) is 5.75 Å². The van der Waals surface area contributed by atoms with Crippen LogP contribution in [0, 0.1) is 13.8 Å². The molecule has 0 radical (unpaired) electrons. The number of hydrogen-bond acceptors (Lipinski definition) is 3. The lowest BCUT2D eigenvalue weighted by molar-refractivity contribution is -0.123. The molecule has 0 bridgehead atoms. The highest BCUT2D eigenvalue weighted by Crippen LogP contribution is 2.18. The van der Waals surface area contributed by atoms with Crippen LogP contribution >= 0.6 is 0 Å². The molecule has 0 aromatic heterocycles. The third kappa shape index (κ3) is 5.72. The van der Waals surface area contributed by atoms with Crippen LogP contribution in [0.4, 0.5) is 0 Å². The Labute approximate surface area is 142 Å². The summed E-state index contributed by atoms with van der Waals surface area (Å²) in [6, 6.07) is 15.8. The minimum absolute atomic E-state index is 0.0664. The van der Waals surface area contributed by atoms with Gasteiger partial charge in [0.05, 0.1) is 5.71 Å². The number of carbonyl (C=O) groups excluding carboxylic acids is 1. The Bertz CT molecular complexity index is 749. The highest BCUT2D eigenvalue weighted by atomic mass is 16.5. The molecule has 0 aliphatic carbocycles. The zero-order valence-electron chi connectivity index (χ0n) is 14.2. The van der Waals surface area contributed by atoms with Crippen LogP contribution in [0.5, 0.6) is 5.75 Å². The van der Waals surface area contributed by atoms with Gasteiger partial charge in [0.2, 0.25) is 0 Å². The van der Waals surface area contributed by atoms with Crippen molar-refractivity contribution in [2.75, 3.05) is 6.61 Å². The molecule has 0 aliphatic rings. The van der Waals surface area contributed by atoms with Gasteiger partial charge in [-0.05, 0) is 44.0 Å². The van der Waals surface area contributed by atoms with Crippen molar-refractivity contribution in [2.24, 2.45) is 5.10 Å². The van der Waals surface area contributed by atoms with E-state index in [1.54, 1.807) is 0 Å². The van der Waals surface area contributed by atoms with E-state index in [1.165, 1.54) is 0 Å². The van der Waals surface area contributed by atoms with Crippen molar-refractivity contribution in [1.82, 2.24) is 5.43 Å². The molecule has 0 saturated carbocycles. The Kier molecular flexibility index (Phi) is 6.32. The first-order chi connectivity index (χ1) is 11.5. The maximum absolute atomic E-state index is 11.8. The molecule has 1 amide bonds. The van der Waals surface area contributed by atoms with E-state index in [4.69, 9.17) is 4.74 Å². The molecule has 24 heavy (non-hydrogen) atoms. The number of nitrogens with zero attached hydrogens (tertiary/aromatic N) is 1. The Balaban J connectivity index is 1.82. The van der Waals surface area contributed by atoms with Gasteiger partial charge in [-0.3, -0.25) is 4.79 Å². The third-order valence-corrected chi connectivity index (χ3v) is 3.36. The number of rotatable bonds is 6. The maximum atomic E-state index is 11.8. The lowest BCUT2D eigenvalue weighted by atomic mass is 10.1. The monoisotopic (exact) mass is 322 g/mol. The molecule has 2 aromatic carbocycles. The van der Waals surface area contributed by atoms with Crippen LogP contribution in [-0.2, 0) is 4.79 Å². The van der Waals surface area contributed by atoms with E-state index in [0.29, 0.717) is 11.5 Å². The summed E-state index contributed by atoms with van der Waals surface area (Å²) in [6.07, 6.45) is 3.79. The maximum Gasteiger partial charge on any atom is 0.277 e. The first kappa shape index (κ1) is 17.5. The van der Waals surface area contributed by atoms with Crippen molar-refractivity contribution < 1.29 is 9.53 Å². The number of aryl methyl sites for hydroxylation is 2. The molecular formula is C20H22N2O2. The SMILES string of the molecule is CC(C=Cc1ccccc1)=NNC(=O)COc1ccc(C)cc1C. The van der Waals surface area contributed by atoms with Crippen molar-refractivity contribution in [1.29, 1.82) is 0 Å². The largest absolute Gasteiger partial charge is 0.483 e. The first-order valence-electron chi connectivity index (χ1n) is 7.81. The Morgan fingerprint density at radius 3 is 2.62 bits per heavy atom. The second-order valence-corrected chi connectivity index (χ2v) is 5.59.